The van der Waals surface area contributed by atoms with Crippen LogP contribution in [0.1, 0.15) is 36.4 Å². The summed E-state index contributed by atoms with van der Waals surface area (Å²) in [6, 6.07) is 17.1. The fourth-order valence-electron chi connectivity index (χ4n) is 5.74. The lowest BCUT2D eigenvalue weighted by atomic mass is 9.82. The highest BCUT2D eigenvalue weighted by molar-refractivity contribution is 7.89. The van der Waals surface area contributed by atoms with Crippen LogP contribution in [0.25, 0.3) is 0 Å². The summed E-state index contributed by atoms with van der Waals surface area (Å²) in [5, 5.41) is 10.5. The van der Waals surface area contributed by atoms with E-state index in [1.165, 1.54) is 16.4 Å². The van der Waals surface area contributed by atoms with E-state index < -0.39 is 33.8 Å². The maximum Gasteiger partial charge on any atom is 0.309 e. The van der Waals surface area contributed by atoms with Gasteiger partial charge in [0, 0.05) is 38.1 Å². The first-order valence-corrected chi connectivity index (χ1v) is 14.9. The van der Waals surface area contributed by atoms with Crippen molar-refractivity contribution in [2.75, 3.05) is 40.1 Å². The van der Waals surface area contributed by atoms with Crippen LogP contribution >= 0.6 is 0 Å². The molecule has 3 aromatic rings. The van der Waals surface area contributed by atoms with Crippen molar-refractivity contribution in [3.05, 3.63) is 83.7 Å². The van der Waals surface area contributed by atoms with Crippen LogP contribution in [0.2, 0.25) is 0 Å². The number of ether oxygens (including phenoxy) is 3. The normalized spacial score (nSPS) is 20.4. The average molecular weight is 585 g/mol. The topological polar surface area (TPSA) is 106 Å². The van der Waals surface area contributed by atoms with Crippen molar-refractivity contribution in [3.63, 3.8) is 0 Å². The number of carbonyl (C=O) groups is 1. The molecule has 3 aromatic carbocycles. The number of hydrogen-bond donors (Lipinski definition) is 1. The summed E-state index contributed by atoms with van der Waals surface area (Å²) in [6.07, 6.45) is 0.583. The van der Waals surface area contributed by atoms with E-state index >= 15 is 0 Å². The van der Waals surface area contributed by atoms with E-state index in [4.69, 9.17) is 14.2 Å². The van der Waals surface area contributed by atoms with Crippen molar-refractivity contribution in [2.24, 2.45) is 5.92 Å². The van der Waals surface area contributed by atoms with Gasteiger partial charge in [0.15, 0.2) is 11.5 Å². The van der Waals surface area contributed by atoms with E-state index in [1.54, 1.807) is 25.3 Å². The molecule has 0 aliphatic carbocycles. The highest BCUT2D eigenvalue weighted by Gasteiger charge is 2.47. The number of methoxy groups -OCH3 is 1. The van der Waals surface area contributed by atoms with Crippen LogP contribution in [-0.2, 0) is 14.8 Å². The molecule has 0 amide bonds. The first kappa shape index (κ1) is 28.8. The van der Waals surface area contributed by atoms with Crippen molar-refractivity contribution in [1.29, 1.82) is 0 Å². The number of fused-ring (bicyclic) bond motifs is 1. The van der Waals surface area contributed by atoms with Gasteiger partial charge in [-0.05, 0) is 66.1 Å². The molecule has 1 N–H and O–H groups in total. The van der Waals surface area contributed by atoms with Gasteiger partial charge >= 0.3 is 5.97 Å². The van der Waals surface area contributed by atoms with E-state index in [9.17, 15) is 22.7 Å². The Morgan fingerprint density at radius 3 is 2.37 bits per heavy atom. The van der Waals surface area contributed by atoms with Crippen LogP contribution in [0.15, 0.2) is 71.6 Å². The smallest absolute Gasteiger partial charge is 0.309 e. The Bertz CT molecular complexity index is 1480. The van der Waals surface area contributed by atoms with Gasteiger partial charge in [-0.3, -0.25) is 9.69 Å². The van der Waals surface area contributed by atoms with Gasteiger partial charge in [-0.2, -0.15) is 4.31 Å². The van der Waals surface area contributed by atoms with E-state index in [0.717, 1.165) is 23.3 Å². The SMILES string of the molecule is CCCN(CCN1CC(c2ccc3c(c2)OCO3)C(C(=O)O)C1c1ccc(OC)cc1)S(=O)(=O)c1ccc(F)cc1. The van der Waals surface area contributed by atoms with Gasteiger partial charge in [0.1, 0.15) is 11.6 Å². The molecular weight excluding hydrogens is 551 g/mol. The van der Waals surface area contributed by atoms with Gasteiger partial charge in [0.25, 0.3) is 0 Å². The molecule has 0 saturated carbocycles. The monoisotopic (exact) mass is 584 g/mol. The van der Waals surface area contributed by atoms with Gasteiger partial charge in [-0.15, -0.1) is 0 Å². The first-order valence-electron chi connectivity index (χ1n) is 13.5. The van der Waals surface area contributed by atoms with Crippen molar-refractivity contribution >= 4 is 16.0 Å². The van der Waals surface area contributed by atoms with Gasteiger partial charge in [0.05, 0.1) is 17.9 Å². The summed E-state index contributed by atoms with van der Waals surface area (Å²) >= 11 is 0. The molecule has 9 nitrogen and oxygen atoms in total. The van der Waals surface area contributed by atoms with Crippen molar-refractivity contribution in [2.45, 2.75) is 30.2 Å². The van der Waals surface area contributed by atoms with Crippen LogP contribution < -0.4 is 14.2 Å². The number of hydrogen-bond acceptors (Lipinski definition) is 7. The molecule has 0 bridgehead atoms. The molecule has 218 valence electrons. The fourth-order valence-corrected chi connectivity index (χ4v) is 7.26. The predicted molar refractivity (Wildman–Crippen MR) is 149 cm³/mol. The van der Waals surface area contributed by atoms with Gasteiger partial charge in [-0.1, -0.05) is 25.1 Å². The van der Waals surface area contributed by atoms with Crippen molar-refractivity contribution < 1.29 is 36.9 Å². The highest BCUT2D eigenvalue weighted by atomic mass is 32.2. The van der Waals surface area contributed by atoms with E-state index in [2.05, 4.69) is 0 Å². The highest BCUT2D eigenvalue weighted by Crippen LogP contribution is 2.47. The summed E-state index contributed by atoms with van der Waals surface area (Å²) in [6.45, 7) is 3.10. The largest absolute Gasteiger partial charge is 0.497 e. The summed E-state index contributed by atoms with van der Waals surface area (Å²) in [5.41, 5.74) is 1.61. The minimum Gasteiger partial charge on any atom is -0.497 e. The second-order valence-corrected chi connectivity index (χ2v) is 12.1. The summed E-state index contributed by atoms with van der Waals surface area (Å²) < 4.78 is 58.1. The molecule has 1 saturated heterocycles. The number of carboxylic acid groups (broad SMARTS) is 1. The number of sulfonamides is 1. The molecule has 3 unspecified atom stereocenters. The standard InChI is InChI=1S/C30H33FN2O7S/c1-3-14-33(41(36,37)24-11-7-22(31)8-12-24)16-15-32-18-25(21-6-13-26-27(17-21)40-19-39-26)28(30(34)35)29(32)20-4-9-23(38-2)10-5-20/h4-13,17,25,28-29H,3,14-16,18-19H2,1-2H3,(H,34,35). The van der Waals surface area contributed by atoms with E-state index in [0.29, 0.717) is 36.8 Å². The summed E-state index contributed by atoms with van der Waals surface area (Å²) in [5.74, 6) is -0.814. The first-order chi connectivity index (χ1) is 19.7. The number of nitrogens with zero attached hydrogens (tertiary/aromatic N) is 2. The lowest BCUT2D eigenvalue weighted by Crippen LogP contribution is -2.39. The van der Waals surface area contributed by atoms with Crippen LogP contribution in [0.5, 0.6) is 17.2 Å². The van der Waals surface area contributed by atoms with Gasteiger partial charge in [0.2, 0.25) is 16.8 Å². The minimum atomic E-state index is -3.89. The van der Waals surface area contributed by atoms with E-state index in [-0.39, 0.29) is 30.7 Å². The molecule has 2 heterocycles. The molecule has 0 spiro atoms. The maximum atomic E-state index is 13.5. The number of benzene rings is 3. The fraction of sp³-hybridized carbons (Fsp3) is 0.367. The number of rotatable bonds is 11. The molecule has 0 aromatic heterocycles. The molecule has 1 fully saturated rings. The Hall–Kier alpha value is -3.67. The second-order valence-electron chi connectivity index (χ2n) is 10.2. The van der Waals surface area contributed by atoms with Crippen LogP contribution in [-0.4, -0.2) is 68.8 Å². The minimum absolute atomic E-state index is 0.0159. The zero-order valence-electron chi connectivity index (χ0n) is 22.9. The Kier molecular flexibility index (Phi) is 8.48. The molecule has 41 heavy (non-hydrogen) atoms. The van der Waals surface area contributed by atoms with Crippen molar-refractivity contribution in [3.8, 4) is 17.2 Å². The number of likely N-dealkylation sites (tertiary alicyclic amines) is 1. The maximum absolute atomic E-state index is 13.5. The number of aliphatic carboxylic acids is 1. The quantitative estimate of drug-likeness (QED) is 0.351. The average Bonchev–Trinajstić information content (AvgIpc) is 3.60. The predicted octanol–water partition coefficient (Wildman–Crippen LogP) is 4.51. The Balaban J connectivity index is 1.48. The van der Waals surface area contributed by atoms with Crippen molar-refractivity contribution in [1.82, 2.24) is 9.21 Å². The second kappa shape index (κ2) is 12.1. The molecule has 5 rings (SSSR count). The Morgan fingerprint density at radius 1 is 1.02 bits per heavy atom. The van der Waals surface area contributed by atoms with Crippen LogP contribution in [0, 0.1) is 11.7 Å². The molecule has 2 aliphatic rings. The summed E-state index contributed by atoms with van der Waals surface area (Å²) in [4.78, 5) is 14.9. The Morgan fingerprint density at radius 2 is 1.71 bits per heavy atom. The zero-order valence-corrected chi connectivity index (χ0v) is 23.7. The molecular formula is C30H33FN2O7S. The molecule has 3 atom stereocenters. The van der Waals surface area contributed by atoms with Gasteiger partial charge < -0.3 is 19.3 Å². The molecule has 11 heteroatoms. The number of halogens is 1. The third kappa shape index (κ3) is 5.88. The lowest BCUT2D eigenvalue weighted by molar-refractivity contribution is -0.143. The third-order valence-electron chi connectivity index (χ3n) is 7.73. The lowest BCUT2D eigenvalue weighted by Gasteiger charge is -2.30. The molecule has 2 aliphatic heterocycles. The zero-order chi connectivity index (χ0) is 29.1. The van der Waals surface area contributed by atoms with Gasteiger partial charge in [-0.25, -0.2) is 12.8 Å². The number of carboxylic acids is 1. The molecule has 0 radical (unpaired) electrons. The van der Waals surface area contributed by atoms with E-state index in [1.807, 2.05) is 36.1 Å². The van der Waals surface area contributed by atoms with Crippen LogP contribution in [0.3, 0.4) is 0 Å². The summed E-state index contributed by atoms with van der Waals surface area (Å²) in [7, 11) is -2.32. The Labute approximate surface area is 239 Å². The third-order valence-corrected chi connectivity index (χ3v) is 9.64. The van der Waals surface area contributed by atoms with Crippen LogP contribution in [0.4, 0.5) is 4.39 Å².